The summed E-state index contributed by atoms with van der Waals surface area (Å²) in [5, 5.41) is 0. The molecule has 0 amide bonds. The molecule has 1 aromatic heterocycles. The van der Waals surface area contributed by atoms with Gasteiger partial charge in [-0.1, -0.05) is 94.4 Å². The number of benzene rings is 3. The van der Waals surface area contributed by atoms with Crippen LogP contribution in [0.4, 0.5) is 0 Å². The quantitative estimate of drug-likeness (QED) is 0.301. The SMILES string of the molecule is CC1(C)CCC2(c3cc(-c4ccccn4)ccc31)c1ccccc1C(C)(C)c1ccccc12. The number of nitrogens with zero attached hydrogens (tertiary/aromatic N) is 1. The summed E-state index contributed by atoms with van der Waals surface area (Å²) in [6.07, 6.45) is 4.16. The summed E-state index contributed by atoms with van der Waals surface area (Å²) in [7, 11) is 0. The highest BCUT2D eigenvalue weighted by Gasteiger charge is 2.51. The Morgan fingerprint density at radius 3 is 1.79 bits per heavy atom. The van der Waals surface area contributed by atoms with Crippen molar-refractivity contribution in [3.63, 3.8) is 0 Å². The highest BCUT2D eigenvalue weighted by Crippen LogP contribution is 2.59. The molecule has 0 saturated heterocycles. The van der Waals surface area contributed by atoms with Gasteiger partial charge in [0.15, 0.2) is 0 Å². The van der Waals surface area contributed by atoms with Gasteiger partial charge in [-0.25, -0.2) is 0 Å². The largest absolute Gasteiger partial charge is 0.256 e. The number of aromatic nitrogens is 1. The lowest BCUT2D eigenvalue weighted by Gasteiger charge is -2.52. The lowest BCUT2D eigenvalue weighted by atomic mass is 9.50. The van der Waals surface area contributed by atoms with Crippen molar-refractivity contribution >= 4 is 0 Å². The van der Waals surface area contributed by atoms with Crippen LogP contribution in [0.1, 0.15) is 73.9 Å². The smallest absolute Gasteiger partial charge is 0.0702 e. The number of fused-ring (bicyclic) bond motifs is 6. The van der Waals surface area contributed by atoms with E-state index in [2.05, 4.69) is 112 Å². The Morgan fingerprint density at radius 1 is 0.576 bits per heavy atom. The molecular formula is C32H31N. The van der Waals surface area contributed by atoms with E-state index in [4.69, 9.17) is 0 Å². The minimum Gasteiger partial charge on any atom is -0.256 e. The third-order valence-corrected chi connectivity index (χ3v) is 8.41. The van der Waals surface area contributed by atoms with Crippen molar-refractivity contribution in [1.29, 1.82) is 0 Å². The lowest BCUT2D eigenvalue weighted by Crippen LogP contribution is -2.45. The van der Waals surface area contributed by atoms with Gasteiger partial charge in [-0.2, -0.15) is 0 Å². The molecule has 33 heavy (non-hydrogen) atoms. The summed E-state index contributed by atoms with van der Waals surface area (Å²) in [6, 6.07) is 31.7. The number of hydrogen-bond donors (Lipinski definition) is 0. The maximum Gasteiger partial charge on any atom is 0.0702 e. The summed E-state index contributed by atoms with van der Waals surface area (Å²) < 4.78 is 0. The molecule has 1 heteroatoms. The van der Waals surface area contributed by atoms with Crippen LogP contribution in [0.2, 0.25) is 0 Å². The fourth-order valence-corrected chi connectivity index (χ4v) is 6.60. The van der Waals surface area contributed by atoms with Crippen LogP contribution in [0.5, 0.6) is 0 Å². The molecule has 1 nitrogen and oxygen atoms in total. The predicted octanol–water partition coefficient (Wildman–Crippen LogP) is 7.79. The van der Waals surface area contributed by atoms with Crippen molar-refractivity contribution in [2.45, 2.75) is 56.8 Å². The summed E-state index contributed by atoms with van der Waals surface area (Å²) >= 11 is 0. The van der Waals surface area contributed by atoms with Crippen LogP contribution in [-0.4, -0.2) is 4.98 Å². The van der Waals surface area contributed by atoms with E-state index < -0.39 is 0 Å². The molecule has 0 radical (unpaired) electrons. The van der Waals surface area contributed by atoms with Crippen molar-refractivity contribution in [2.75, 3.05) is 0 Å². The first-order valence-electron chi connectivity index (χ1n) is 12.1. The second-order valence-electron chi connectivity index (χ2n) is 11.0. The van der Waals surface area contributed by atoms with Gasteiger partial charge < -0.3 is 0 Å². The Kier molecular flexibility index (Phi) is 4.27. The van der Waals surface area contributed by atoms with Gasteiger partial charge >= 0.3 is 0 Å². The Hall–Kier alpha value is -3.19. The van der Waals surface area contributed by atoms with Gasteiger partial charge in [-0.15, -0.1) is 0 Å². The first-order chi connectivity index (χ1) is 15.9. The van der Waals surface area contributed by atoms with E-state index in [9.17, 15) is 0 Å². The van der Waals surface area contributed by atoms with Crippen LogP contribution in [0.15, 0.2) is 91.1 Å². The van der Waals surface area contributed by atoms with Crippen LogP contribution in [0, 0.1) is 0 Å². The summed E-state index contributed by atoms with van der Waals surface area (Å²) in [5.41, 5.74) is 11.0. The second-order valence-corrected chi connectivity index (χ2v) is 11.0. The maximum atomic E-state index is 4.68. The molecule has 1 spiro atoms. The fraction of sp³-hybridized carbons (Fsp3) is 0.281. The van der Waals surface area contributed by atoms with E-state index in [1.54, 1.807) is 0 Å². The average Bonchev–Trinajstić information content (AvgIpc) is 2.84. The summed E-state index contributed by atoms with van der Waals surface area (Å²) in [5.74, 6) is 0. The van der Waals surface area contributed by atoms with E-state index in [1.165, 1.54) is 38.9 Å². The maximum absolute atomic E-state index is 4.68. The topological polar surface area (TPSA) is 12.9 Å². The molecule has 0 atom stereocenters. The lowest BCUT2D eigenvalue weighted by molar-refractivity contribution is 0.352. The monoisotopic (exact) mass is 429 g/mol. The van der Waals surface area contributed by atoms with Gasteiger partial charge in [0.1, 0.15) is 0 Å². The van der Waals surface area contributed by atoms with E-state index in [-0.39, 0.29) is 16.2 Å². The van der Waals surface area contributed by atoms with Crippen LogP contribution >= 0.6 is 0 Å². The number of hydrogen-bond acceptors (Lipinski definition) is 1. The van der Waals surface area contributed by atoms with Crippen molar-refractivity contribution in [2.24, 2.45) is 0 Å². The van der Waals surface area contributed by atoms with Gasteiger partial charge in [0.05, 0.1) is 5.69 Å². The Morgan fingerprint density at radius 2 is 1.18 bits per heavy atom. The van der Waals surface area contributed by atoms with Crippen LogP contribution in [0.3, 0.4) is 0 Å². The molecule has 1 heterocycles. The summed E-state index contributed by atoms with van der Waals surface area (Å²) in [4.78, 5) is 4.68. The third-order valence-electron chi connectivity index (χ3n) is 8.41. The number of rotatable bonds is 1. The molecule has 6 rings (SSSR count). The standard InChI is InChI=1S/C32H31N/c1-30(2)18-19-32(28-21-22(16-17-23(28)30)29-15-9-10-20-33-29)26-13-7-5-11-24(26)31(3,4)25-12-6-8-14-27(25)32/h5-17,20-21H,18-19H2,1-4H3. The molecular weight excluding hydrogens is 398 g/mol. The van der Waals surface area contributed by atoms with Gasteiger partial charge in [0.2, 0.25) is 0 Å². The Balaban J connectivity index is 1.74. The van der Waals surface area contributed by atoms with Crippen molar-refractivity contribution < 1.29 is 0 Å². The highest BCUT2D eigenvalue weighted by molar-refractivity contribution is 5.70. The normalized spacial score (nSPS) is 18.8. The highest BCUT2D eigenvalue weighted by atomic mass is 14.7. The van der Waals surface area contributed by atoms with Crippen LogP contribution < -0.4 is 0 Å². The van der Waals surface area contributed by atoms with E-state index in [0.29, 0.717) is 0 Å². The molecule has 0 fully saturated rings. The zero-order valence-electron chi connectivity index (χ0n) is 20.0. The molecule has 0 N–H and O–H groups in total. The van der Waals surface area contributed by atoms with Crippen molar-refractivity contribution in [3.05, 3.63) is 125 Å². The fourth-order valence-electron chi connectivity index (χ4n) is 6.60. The van der Waals surface area contributed by atoms with E-state index in [0.717, 1.165) is 18.5 Å². The molecule has 0 unspecified atom stereocenters. The first kappa shape index (κ1) is 20.4. The first-order valence-corrected chi connectivity index (χ1v) is 12.1. The molecule has 0 bridgehead atoms. The van der Waals surface area contributed by atoms with Gasteiger partial charge in [-0.3, -0.25) is 4.98 Å². The van der Waals surface area contributed by atoms with Crippen LogP contribution in [0.25, 0.3) is 11.3 Å². The molecule has 4 aromatic rings. The minimum absolute atomic E-state index is 0.0236. The molecule has 0 saturated carbocycles. The molecule has 2 aliphatic carbocycles. The van der Waals surface area contributed by atoms with E-state index in [1.807, 2.05) is 12.3 Å². The van der Waals surface area contributed by atoms with Crippen LogP contribution in [-0.2, 0) is 16.2 Å². The third kappa shape index (κ3) is 2.75. The van der Waals surface area contributed by atoms with Gasteiger partial charge in [0.25, 0.3) is 0 Å². The van der Waals surface area contributed by atoms with E-state index >= 15 is 0 Å². The predicted molar refractivity (Wildman–Crippen MR) is 137 cm³/mol. The van der Waals surface area contributed by atoms with Gasteiger partial charge in [-0.05, 0) is 69.8 Å². The zero-order valence-corrected chi connectivity index (χ0v) is 20.0. The molecule has 164 valence electrons. The summed E-state index contributed by atoms with van der Waals surface area (Å²) in [6.45, 7) is 9.58. The average molecular weight is 430 g/mol. The second kappa shape index (κ2) is 6.90. The zero-order chi connectivity index (χ0) is 22.8. The van der Waals surface area contributed by atoms with Crippen molar-refractivity contribution in [1.82, 2.24) is 4.98 Å². The number of pyridine rings is 1. The minimum atomic E-state index is -0.141. The Bertz CT molecular complexity index is 1310. The van der Waals surface area contributed by atoms with Gasteiger partial charge in [0, 0.05) is 22.6 Å². The molecule has 2 aliphatic rings. The molecule has 3 aromatic carbocycles. The Labute approximate surface area is 197 Å². The molecule has 0 aliphatic heterocycles. The van der Waals surface area contributed by atoms with Crippen molar-refractivity contribution in [3.8, 4) is 11.3 Å².